The van der Waals surface area contributed by atoms with Crippen LogP contribution in [0.3, 0.4) is 0 Å². The Morgan fingerprint density at radius 1 is 1.23 bits per heavy atom. The third-order valence-electron chi connectivity index (χ3n) is 3.21. The summed E-state index contributed by atoms with van der Waals surface area (Å²) in [6.07, 6.45) is 3.01. The number of anilines is 3. The number of aromatic nitrogens is 3. The van der Waals surface area contributed by atoms with Crippen molar-refractivity contribution in [3.05, 3.63) is 52.7 Å². The molecule has 0 fully saturated rings. The summed E-state index contributed by atoms with van der Waals surface area (Å²) in [6, 6.07) is 9.42. The maximum absolute atomic E-state index is 12.2. The smallest absolute Gasteiger partial charge is 0.274 e. The van der Waals surface area contributed by atoms with Crippen molar-refractivity contribution in [3.63, 3.8) is 0 Å². The summed E-state index contributed by atoms with van der Waals surface area (Å²) in [4.78, 5) is 17.0. The van der Waals surface area contributed by atoms with Gasteiger partial charge in [0.1, 0.15) is 0 Å². The number of nitrogens with zero attached hydrogens (tertiary/aromatic N) is 3. The maximum atomic E-state index is 12.2. The lowest BCUT2D eigenvalue weighted by Gasteiger charge is -2.02. The Kier molecular flexibility index (Phi) is 4.84. The van der Waals surface area contributed by atoms with Crippen LogP contribution in [0.4, 0.5) is 17.6 Å². The molecule has 26 heavy (non-hydrogen) atoms. The van der Waals surface area contributed by atoms with Gasteiger partial charge in [-0.15, -0.1) is 16.4 Å². The van der Waals surface area contributed by atoms with Crippen LogP contribution in [-0.2, 0) is 10.0 Å². The zero-order valence-corrected chi connectivity index (χ0v) is 14.9. The number of nitrogen functional groups attached to an aromatic ring is 1. The first-order valence-corrected chi connectivity index (χ1v) is 9.64. The number of nitrogens with two attached hydrogens (primary N) is 2. The molecule has 0 aliphatic rings. The Morgan fingerprint density at radius 2 is 1.96 bits per heavy atom. The Morgan fingerprint density at radius 3 is 2.58 bits per heavy atom. The molecular weight excluding hydrogens is 376 g/mol. The number of carbonyl (C=O) groups excluding carboxylic acids is 1. The van der Waals surface area contributed by atoms with Crippen molar-refractivity contribution in [2.75, 3.05) is 11.1 Å². The fourth-order valence-corrected chi connectivity index (χ4v) is 3.14. The Bertz CT molecular complexity index is 1050. The van der Waals surface area contributed by atoms with Gasteiger partial charge in [0.05, 0.1) is 4.90 Å². The van der Waals surface area contributed by atoms with E-state index in [4.69, 9.17) is 10.9 Å². The highest BCUT2D eigenvalue weighted by atomic mass is 32.2. The van der Waals surface area contributed by atoms with E-state index in [9.17, 15) is 13.2 Å². The van der Waals surface area contributed by atoms with Gasteiger partial charge in [-0.3, -0.25) is 4.79 Å². The van der Waals surface area contributed by atoms with Crippen LogP contribution in [0, 0.1) is 0 Å². The SMILES string of the molecule is Nc1nc(Nc2ccc(S(N)(=O)=O)cc2)nn1C(=O)C=Cc1cccs1. The Balaban J connectivity index is 1.74. The lowest BCUT2D eigenvalue weighted by Crippen LogP contribution is -2.12. The zero-order valence-electron chi connectivity index (χ0n) is 13.2. The third kappa shape index (κ3) is 4.14. The number of primary sulfonamides is 1. The largest absolute Gasteiger partial charge is 0.368 e. The van der Waals surface area contributed by atoms with Crippen molar-refractivity contribution in [1.82, 2.24) is 14.8 Å². The lowest BCUT2D eigenvalue weighted by molar-refractivity contribution is 0.0958. The van der Waals surface area contributed by atoms with E-state index in [1.807, 2.05) is 17.5 Å². The molecule has 5 N–H and O–H groups in total. The molecule has 0 spiro atoms. The number of nitrogens with one attached hydrogen (secondary N) is 1. The average Bonchev–Trinajstić information content (AvgIpc) is 3.22. The van der Waals surface area contributed by atoms with Crippen LogP contribution in [0.2, 0.25) is 0 Å². The van der Waals surface area contributed by atoms with E-state index in [-0.39, 0.29) is 16.8 Å². The normalized spacial score (nSPS) is 11.7. The van der Waals surface area contributed by atoms with Gasteiger partial charge in [0.25, 0.3) is 5.91 Å². The number of allylic oxidation sites excluding steroid dienone is 1. The topological polar surface area (TPSA) is 146 Å². The molecule has 11 heteroatoms. The summed E-state index contributed by atoms with van der Waals surface area (Å²) in [7, 11) is -3.77. The van der Waals surface area contributed by atoms with Gasteiger partial charge in [-0.25, -0.2) is 13.6 Å². The number of sulfonamides is 1. The second kappa shape index (κ2) is 7.07. The van der Waals surface area contributed by atoms with E-state index in [0.717, 1.165) is 9.56 Å². The third-order valence-corrected chi connectivity index (χ3v) is 4.98. The molecule has 0 bridgehead atoms. The second-order valence-corrected chi connectivity index (χ2v) is 7.63. The number of hydrogen-bond acceptors (Lipinski definition) is 8. The first kappa shape index (κ1) is 17.8. The van der Waals surface area contributed by atoms with Crippen LogP contribution in [0.5, 0.6) is 0 Å². The summed E-state index contributed by atoms with van der Waals surface area (Å²) in [5, 5.41) is 13.8. The van der Waals surface area contributed by atoms with Crippen molar-refractivity contribution in [3.8, 4) is 0 Å². The summed E-state index contributed by atoms with van der Waals surface area (Å²) in [5.74, 6) is -0.417. The second-order valence-electron chi connectivity index (χ2n) is 5.09. The van der Waals surface area contributed by atoms with Gasteiger partial charge in [-0.05, 0) is 41.8 Å². The molecule has 0 saturated heterocycles. The molecule has 1 aromatic carbocycles. The molecule has 0 amide bonds. The highest BCUT2D eigenvalue weighted by Crippen LogP contribution is 2.17. The number of benzene rings is 1. The minimum absolute atomic E-state index is 0.0186. The van der Waals surface area contributed by atoms with Crippen molar-refractivity contribution in [2.45, 2.75) is 4.90 Å². The van der Waals surface area contributed by atoms with E-state index in [2.05, 4.69) is 15.4 Å². The molecule has 0 atom stereocenters. The molecule has 0 aliphatic heterocycles. The quantitative estimate of drug-likeness (QED) is 0.562. The summed E-state index contributed by atoms with van der Waals surface area (Å²) < 4.78 is 23.4. The minimum Gasteiger partial charge on any atom is -0.368 e. The standard InChI is InChI=1S/C15H14N6O3S2/c16-14-19-15(18-10-3-6-12(7-4-10)26(17,23)24)20-21(14)13(22)8-5-11-2-1-9-25-11/h1-9H,(H2,17,23,24)(H3,16,18,19,20). The van der Waals surface area contributed by atoms with Crippen LogP contribution in [0.1, 0.15) is 9.67 Å². The van der Waals surface area contributed by atoms with Crippen LogP contribution in [-0.4, -0.2) is 29.1 Å². The number of hydrogen-bond donors (Lipinski definition) is 3. The summed E-state index contributed by atoms with van der Waals surface area (Å²) in [5.41, 5.74) is 6.24. The number of rotatable bonds is 5. The molecule has 2 heterocycles. The minimum atomic E-state index is -3.77. The molecule has 0 saturated carbocycles. The molecule has 3 rings (SSSR count). The average molecular weight is 390 g/mol. The summed E-state index contributed by atoms with van der Waals surface area (Å²) in [6.45, 7) is 0. The van der Waals surface area contributed by atoms with E-state index in [1.165, 1.54) is 41.7 Å². The predicted molar refractivity (Wildman–Crippen MR) is 99.5 cm³/mol. The van der Waals surface area contributed by atoms with Gasteiger partial charge in [0.15, 0.2) is 0 Å². The summed E-state index contributed by atoms with van der Waals surface area (Å²) >= 11 is 1.49. The van der Waals surface area contributed by atoms with Gasteiger partial charge in [0.2, 0.25) is 21.9 Å². The van der Waals surface area contributed by atoms with Gasteiger partial charge < -0.3 is 11.1 Å². The van der Waals surface area contributed by atoms with Crippen molar-refractivity contribution >= 4 is 50.9 Å². The van der Waals surface area contributed by atoms with Gasteiger partial charge in [-0.1, -0.05) is 6.07 Å². The number of thiophene rings is 1. The molecule has 0 aliphatic carbocycles. The van der Waals surface area contributed by atoms with E-state index in [1.54, 1.807) is 6.08 Å². The Labute approximate surface area is 153 Å². The van der Waals surface area contributed by atoms with Gasteiger partial charge in [-0.2, -0.15) is 9.67 Å². The highest BCUT2D eigenvalue weighted by molar-refractivity contribution is 7.89. The first-order valence-electron chi connectivity index (χ1n) is 7.21. The van der Waals surface area contributed by atoms with Crippen molar-refractivity contribution < 1.29 is 13.2 Å². The van der Waals surface area contributed by atoms with Crippen LogP contribution >= 0.6 is 11.3 Å². The van der Waals surface area contributed by atoms with E-state index in [0.29, 0.717) is 5.69 Å². The molecule has 9 nitrogen and oxygen atoms in total. The van der Waals surface area contributed by atoms with Crippen LogP contribution in [0.15, 0.2) is 52.7 Å². The van der Waals surface area contributed by atoms with Crippen LogP contribution in [0.25, 0.3) is 6.08 Å². The molecule has 2 aromatic heterocycles. The fraction of sp³-hybridized carbons (Fsp3) is 0. The van der Waals surface area contributed by atoms with Gasteiger partial charge >= 0.3 is 0 Å². The molecule has 134 valence electrons. The first-order chi connectivity index (χ1) is 12.3. The maximum Gasteiger partial charge on any atom is 0.274 e. The van der Waals surface area contributed by atoms with Crippen molar-refractivity contribution in [2.24, 2.45) is 5.14 Å². The lowest BCUT2D eigenvalue weighted by atomic mass is 10.3. The highest BCUT2D eigenvalue weighted by Gasteiger charge is 2.13. The fourth-order valence-electron chi connectivity index (χ4n) is 2.01. The predicted octanol–water partition coefficient (Wildman–Crippen LogP) is 1.67. The molecule has 0 unspecified atom stereocenters. The van der Waals surface area contributed by atoms with E-state index < -0.39 is 15.9 Å². The van der Waals surface area contributed by atoms with Gasteiger partial charge in [0, 0.05) is 16.6 Å². The number of carbonyl (C=O) groups is 1. The van der Waals surface area contributed by atoms with Crippen LogP contribution < -0.4 is 16.2 Å². The molecule has 3 aromatic rings. The zero-order chi connectivity index (χ0) is 18.7. The van der Waals surface area contributed by atoms with E-state index >= 15 is 0 Å². The molecule has 0 radical (unpaired) electrons. The monoisotopic (exact) mass is 390 g/mol. The Hall–Kier alpha value is -3.02. The molecular formula is C15H14N6O3S2. The van der Waals surface area contributed by atoms with Crippen molar-refractivity contribution in [1.29, 1.82) is 0 Å².